The molecule has 0 saturated heterocycles. The zero-order valence-electron chi connectivity index (χ0n) is 12.3. The van der Waals surface area contributed by atoms with Crippen molar-refractivity contribution in [2.75, 3.05) is 19.8 Å². The molecule has 0 atom stereocenters. The first-order chi connectivity index (χ1) is 9.77. The molecule has 0 bridgehead atoms. The van der Waals surface area contributed by atoms with Crippen molar-refractivity contribution in [1.29, 1.82) is 5.26 Å². The van der Waals surface area contributed by atoms with E-state index in [4.69, 9.17) is 10.00 Å². The molecule has 5 heteroatoms. The van der Waals surface area contributed by atoms with Crippen molar-refractivity contribution in [3.8, 4) is 6.07 Å². The molecule has 1 saturated carbocycles. The summed E-state index contributed by atoms with van der Waals surface area (Å²) in [5.74, 6) is -0.267. The minimum Gasteiger partial charge on any atom is -0.390 e. The van der Waals surface area contributed by atoms with E-state index in [1.54, 1.807) is 0 Å². The summed E-state index contributed by atoms with van der Waals surface area (Å²) in [6, 6.07) is 2.18. The minimum atomic E-state index is -0.267. The molecule has 0 unspecified atom stereocenters. The van der Waals surface area contributed by atoms with E-state index in [2.05, 4.69) is 10.6 Å². The fraction of sp³-hybridized carbons (Fsp3) is 0.733. The summed E-state index contributed by atoms with van der Waals surface area (Å²) >= 11 is 0. The smallest absolute Gasteiger partial charge is 0.263 e. The van der Waals surface area contributed by atoms with E-state index < -0.39 is 0 Å². The molecule has 1 fully saturated rings. The van der Waals surface area contributed by atoms with Gasteiger partial charge in [0.25, 0.3) is 5.91 Å². The predicted octanol–water partition coefficient (Wildman–Crippen LogP) is 1.86. The third-order valence-corrected chi connectivity index (χ3v) is 3.37. The normalized spacial score (nSPS) is 16.5. The number of carbonyl (C=O) groups excluding carboxylic acids is 1. The second kappa shape index (κ2) is 10.3. The van der Waals surface area contributed by atoms with E-state index in [1.165, 1.54) is 12.6 Å². The van der Waals surface area contributed by atoms with E-state index in [-0.39, 0.29) is 17.5 Å². The maximum absolute atomic E-state index is 11.9. The number of amides is 1. The number of nitriles is 1. The van der Waals surface area contributed by atoms with Crippen LogP contribution >= 0.6 is 0 Å². The largest absolute Gasteiger partial charge is 0.390 e. The zero-order chi connectivity index (χ0) is 14.6. The maximum atomic E-state index is 11.9. The van der Waals surface area contributed by atoms with Gasteiger partial charge in [0.15, 0.2) is 0 Å². The lowest BCUT2D eigenvalue weighted by molar-refractivity contribution is -0.118. The summed E-state index contributed by atoms with van der Waals surface area (Å²) in [5, 5.41) is 14.9. The molecule has 0 heterocycles. The zero-order valence-corrected chi connectivity index (χ0v) is 12.3. The summed E-state index contributed by atoms with van der Waals surface area (Å²) in [6.45, 7) is 4.05. The van der Waals surface area contributed by atoms with Crippen molar-refractivity contribution in [3.63, 3.8) is 0 Å². The van der Waals surface area contributed by atoms with Crippen LogP contribution in [-0.4, -0.2) is 31.7 Å². The molecular formula is C15H25N3O2. The van der Waals surface area contributed by atoms with Crippen LogP contribution in [0.1, 0.15) is 45.4 Å². The predicted molar refractivity (Wildman–Crippen MR) is 77.8 cm³/mol. The van der Waals surface area contributed by atoms with Gasteiger partial charge in [0.2, 0.25) is 0 Å². The van der Waals surface area contributed by atoms with Crippen LogP contribution in [0.3, 0.4) is 0 Å². The summed E-state index contributed by atoms with van der Waals surface area (Å²) in [7, 11) is 0. The molecule has 1 aliphatic rings. The average molecular weight is 279 g/mol. The molecule has 1 aliphatic carbocycles. The highest BCUT2D eigenvalue weighted by Gasteiger charge is 2.17. The summed E-state index contributed by atoms with van der Waals surface area (Å²) in [4.78, 5) is 11.9. The van der Waals surface area contributed by atoms with Crippen molar-refractivity contribution >= 4 is 5.91 Å². The standard InChI is InChI=1S/C15H25N3O2/c1-2-20-10-6-9-17-12-13(11-16)15(19)18-14-7-4-3-5-8-14/h12,14,17H,2-10H2,1H3,(H,18,19)/b13-12-. The number of nitrogens with one attached hydrogen (secondary N) is 2. The molecule has 2 N–H and O–H groups in total. The topological polar surface area (TPSA) is 74.1 Å². The molecule has 0 spiro atoms. The fourth-order valence-electron chi connectivity index (χ4n) is 2.25. The van der Waals surface area contributed by atoms with Gasteiger partial charge in [0, 0.05) is 32.0 Å². The first-order valence-electron chi connectivity index (χ1n) is 7.50. The quantitative estimate of drug-likeness (QED) is 0.404. The van der Waals surface area contributed by atoms with Gasteiger partial charge in [0.1, 0.15) is 11.6 Å². The Morgan fingerprint density at radius 1 is 1.40 bits per heavy atom. The number of rotatable bonds is 8. The van der Waals surface area contributed by atoms with Gasteiger partial charge in [-0.3, -0.25) is 4.79 Å². The van der Waals surface area contributed by atoms with Crippen molar-refractivity contribution in [2.45, 2.75) is 51.5 Å². The second-order valence-electron chi connectivity index (χ2n) is 4.98. The Labute approximate surface area is 121 Å². The number of carbonyl (C=O) groups is 1. The number of ether oxygens (including phenoxy) is 1. The molecule has 0 aromatic carbocycles. The summed E-state index contributed by atoms with van der Waals surface area (Å²) < 4.78 is 5.21. The molecule has 0 aromatic rings. The van der Waals surface area contributed by atoms with Crippen LogP contribution in [-0.2, 0) is 9.53 Å². The van der Waals surface area contributed by atoms with Gasteiger partial charge in [-0.15, -0.1) is 0 Å². The monoisotopic (exact) mass is 279 g/mol. The van der Waals surface area contributed by atoms with Crippen molar-refractivity contribution < 1.29 is 9.53 Å². The highest BCUT2D eigenvalue weighted by molar-refractivity contribution is 5.97. The van der Waals surface area contributed by atoms with Gasteiger partial charge in [-0.05, 0) is 26.2 Å². The van der Waals surface area contributed by atoms with E-state index in [0.717, 1.165) is 32.1 Å². The van der Waals surface area contributed by atoms with E-state index in [9.17, 15) is 4.79 Å². The highest BCUT2D eigenvalue weighted by Crippen LogP contribution is 2.17. The third-order valence-electron chi connectivity index (χ3n) is 3.37. The Kier molecular flexibility index (Phi) is 8.48. The average Bonchev–Trinajstić information content (AvgIpc) is 2.47. The van der Waals surface area contributed by atoms with Gasteiger partial charge in [0.05, 0.1) is 0 Å². The van der Waals surface area contributed by atoms with Crippen LogP contribution in [0, 0.1) is 11.3 Å². The Morgan fingerprint density at radius 3 is 2.80 bits per heavy atom. The number of nitrogens with zero attached hydrogens (tertiary/aromatic N) is 1. The molecule has 0 aromatic heterocycles. The third kappa shape index (κ3) is 6.58. The maximum Gasteiger partial charge on any atom is 0.263 e. The van der Waals surface area contributed by atoms with E-state index in [1.807, 2.05) is 13.0 Å². The molecule has 5 nitrogen and oxygen atoms in total. The Hall–Kier alpha value is -1.54. The van der Waals surface area contributed by atoms with Crippen LogP contribution < -0.4 is 10.6 Å². The molecule has 1 rings (SSSR count). The van der Waals surface area contributed by atoms with Gasteiger partial charge < -0.3 is 15.4 Å². The lowest BCUT2D eigenvalue weighted by Gasteiger charge is -2.22. The van der Waals surface area contributed by atoms with Crippen LogP contribution in [0.4, 0.5) is 0 Å². The number of hydrogen-bond acceptors (Lipinski definition) is 4. The van der Waals surface area contributed by atoms with Crippen molar-refractivity contribution in [1.82, 2.24) is 10.6 Å². The molecule has 0 radical (unpaired) electrons. The van der Waals surface area contributed by atoms with Crippen LogP contribution in [0.15, 0.2) is 11.8 Å². The number of hydrogen-bond donors (Lipinski definition) is 2. The van der Waals surface area contributed by atoms with E-state index >= 15 is 0 Å². The Morgan fingerprint density at radius 2 is 2.15 bits per heavy atom. The molecule has 112 valence electrons. The molecule has 20 heavy (non-hydrogen) atoms. The van der Waals surface area contributed by atoms with Crippen LogP contribution in [0.2, 0.25) is 0 Å². The minimum absolute atomic E-state index is 0.145. The van der Waals surface area contributed by atoms with Crippen LogP contribution in [0.5, 0.6) is 0 Å². The second-order valence-corrected chi connectivity index (χ2v) is 4.98. The van der Waals surface area contributed by atoms with Crippen molar-refractivity contribution in [2.24, 2.45) is 0 Å². The first kappa shape index (κ1) is 16.5. The first-order valence-corrected chi connectivity index (χ1v) is 7.50. The molecule has 0 aliphatic heterocycles. The van der Waals surface area contributed by atoms with Gasteiger partial charge in [-0.25, -0.2) is 0 Å². The van der Waals surface area contributed by atoms with Gasteiger partial charge >= 0.3 is 0 Å². The Bertz CT molecular complexity index is 355. The summed E-state index contributed by atoms with van der Waals surface area (Å²) in [6.07, 6.45) is 7.96. The molecular weight excluding hydrogens is 254 g/mol. The lowest BCUT2D eigenvalue weighted by Crippen LogP contribution is -2.37. The van der Waals surface area contributed by atoms with E-state index in [0.29, 0.717) is 19.8 Å². The lowest BCUT2D eigenvalue weighted by atomic mass is 9.95. The molecule has 1 amide bonds. The SMILES string of the molecule is CCOCCCN/C=C(/C#N)C(=O)NC1CCCCC1. The van der Waals surface area contributed by atoms with Crippen LogP contribution in [0.25, 0.3) is 0 Å². The van der Waals surface area contributed by atoms with Crippen molar-refractivity contribution in [3.05, 3.63) is 11.8 Å². The summed E-state index contributed by atoms with van der Waals surface area (Å²) in [5.41, 5.74) is 0.145. The Balaban J connectivity index is 2.28. The highest BCUT2D eigenvalue weighted by atomic mass is 16.5. The fourth-order valence-corrected chi connectivity index (χ4v) is 2.25. The van der Waals surface area contributed by atoms with Gasteiger partial charge in [-0.2, -0.15) is 5.26 Å². The van der Waals surface area contributed by atoms with Gasteiger partial charge in [-0.1, -0.05) is 19.3 Å².